The zero-order valence-electron chi connectivity index (χ0n) is 9.04. The average Bonchev–Trinajstić information content (AvgIpc) is 2.83. The van der Waals surface area contributed by atoms with Crippen molar-refractivity contribution in [2.75, 3.05) is 6.54 Å². The van der Waals surface area contributed by atoms with Crippen molar-refractivity contribution in [1.29, 1.82) is 0 Å². The molecule has 0 saturated carbocycles. The van der Waals surface area contributed by atoms with E-state index in [-0.39, 0.29) is 4.90 Å². The molecule has 0 fully saturated rings. The molecule has 2 aromatic heterocycles. The van der Waals surface area contributed by atoms with Crippen LogP contribution in [0.2, 0.25) is 0 Å². The molecule has 0 aromatic carbocycles. The Kier molecular flexibility index (Phi) is 3.55. The summed E-state index contributed by atoms with van der Waals surface area (Å²) < 4.78 is 31.0. The molecule has 5 nitrogen and oxygen atoms in total. The van der Waals surface area contributed by atoms with Crippen LogP contribution in [-0.4, -0.2) is 19.9 Å². The van der Waals surface area contributed by atoms with E-state index in [9.17, 15) is 8.42 Å². The number of rotatable bonds is 5. The maximum atomic E-state index is 11.8. The molecule has 90 valence electrons. The van der Waals surface area contributed by atoms with Gasteiger partial charge in [0.15, 0.2) is 0 Å². The van der Waals surface area contributed by atoms with Crippen molar-refractivity contribution in [2.24, 2.45) is 0 Å². The molecule has 0 radical (unpaired) electrons. The highest BCUT2D eigenvalue weighted by Gasteiger charge is 2.12. The van der Waals surface area contributed by atoms with E-state index in [0.717, 1.165) is 5.56 Å². The average molecular weight is 252 g/mol. The Balaban J connectivity index is 1.95. The van der Waals surface area contributed by atoms with Crippen LogP contribution in [0.15, 0.2) is 52.4 Å². The molecule has 0 saturated heterocycles. The third kappa shape index (κ3) is 3.15. The molecule has 0 bridgehead atoms. The predicted octanol–water partition coefficient (Wildman–Crippen LogP) is 1.20. The lowest BCUT2D eigenvalue weighted by atomic mass is 10.2. The molecule has 2 rings (SSSR count). The first-order valence-corrected chi connectivity index (χ1v) is 6.57. The van der Waals surface area contributed by atoms with E-state index < -0.39 is 10.0 Å². The standard InChI is InChI=1S/C11H12N2O3S/c14-17(15,11-2-1-5-12-8-11)13-6-3-10-4-7-16-9-10/h1-2,4-5,7-9,13H,3,6H2. The van der Waals surface area contributed by atoms with Gasteiger partial charge < -0.3 is 4.42 Å². The van der Waals surface area contributed by atoms with Crippen LogP contribution >= 0.6 is 0 Å². The Morgan fingerprint density at radius 3 is 2.88 bits per heavy atom. The summed E-state index contributed by atoms with van der Waals surface area (Å²) in [7, 11) is -3.46. The SMILES string of the molecule is O=S(=O)(NCCc1ccoc1)c1cccnc1. The second-order valence-corrected chi connectivity index (χ2v) is 5.24. The van der Waals surface area contributed by atoms with Crippen LogP contribution in [0.5, 0.6) is 0 Å². The number of aromatic nitrogens is 1. The van der Waals surface area contributed by atoms with Crippen LogP contribution in [0.1, 0.15) is 5.56 Å². The molecule has 2 heterocycles. The molecule has 0 atom stereocenters. The van der Waals surface area contributed by atoms with Crippen molar-refractivity contribution < 1.29 is 12.8 Å². The summed E-state index contributed by atoms with van der Waals surface area (Å²) in [5, 5.41) is 0. The minimum absolute atomic E-state index is 0.173. The van der Waals surface area contributed by atoms with Gasteiger partial charge in [-0.3, -0.25) is 4.98 Å². The van der Waals surface area contributed by atoms with E-state index in [0.29, 0.717) is 13.0 Å². The lowest BCUT2D eigenvalue weighted by Gasteiger charge is -2.04. The Labute approximate surface area is 99.5 Å². The molecule has 0 amide bonds. The Morgan fingerprint density at radius 2 is 2.24 bits per heavy atom. The van der Waals surface area contributed by atoms with Gasteiger partial charge in [0.25, 0.3) is 0 Å². The van der Waals surface area contributed by atoms with Gasteiger partial charge in [0.2, 0.25) is 10.0 Å². The monoisotopic (exact) mass is 252 g/mol. The van der Waals surface area contributed by atoms with Crippen LogP contribution < -0.4 is 4.72 Å². The molecule has 6 heteroatoms. The van der Waals surface area contributed by atoms with E-state index in [1.165, 1.54) is 18.5 Å². The van der Waals surface area contributed by atoms with Gasteiger partial charge in [-0.05, 0) is 30.2 Å². The molecule has 0 aliphatic heterocycles. The molecular weight excluding hydrogens is 240 g/mol. The maximum absolute atomic E-state index is 11.8. The summed E-state index contributed by atoms with van der Waals surface area (Å²) in [5.74, 6) is 0. The van der Waals surface area contributed by atoms with E-state index in [1.54, 1.807) is 24.7 Å². The zero-order valence-corrected chi connectivity index (χ0v) is 9.85. The van der Waals surface area contributed by atoms with Crippen molar-refractivity contribution >= 4 is 10.0 Å². The fourth-order valence-corrected chi connectivity index (χ4v) is 2.35. The topological polar surface area (TPSA) is 72.2 Å². The van der Waals surface area contributed by atoms with E-state index in [1.807, 2.05) is 0 Å². The smallest absolute Gasteiger partial charge is 0.242 e. The summed E-state index contributed by atoms with van der Waals surface area (Å²) in [6.07, 6.45) is 6.60. The number of hydrogen-bond donors (Lipinski definition) is 1. The van der Waals surface area contributed by atoms with Gasteiger partial charge in [0.05, 0.1) is 12.5 Å². The van der Waals surface area contributed by atoms with Crippen molar-refractivity contribution in [1.82, 2.24) is 9.71 Å². The highest BCUT2D eigenvalue weighted by molar-refractivity contribution is 7.89. The molecule has 17 heavy (non-hydrogen) atoms. The summed E-state index contributed by atoms with van der Waals surface area (Å²) in [5.41, 5.74) is 0.957. The van der Waals surface area contributed by atoms with Crippen LogP contribution in [-0.2, 0) is 16.4 Å². The van der Waals surface area contributed by atoms with Crippen molar-refractivity contribution in [3.05, 3.63) is 48.7 Å². The fraction of sp³-hybridized carbons (Fsp3) is 0.182. The lowest BCUT2D eigenvalue weighted by molar-refractivity contribution is 0.562. The first-order valence-electron chi connectivity index (χ1n) is 5.09. The lowest BCUT2D eigenvalue weighted by Crippen LogP contribution is -2.25. The predicted molar refractivity (Wildman–Crippen MR) is 61.8 cm³/mol. The minimum Gasteiger partial charge on any atom is -0.472 e. The van der Waals surface area contributed by atoms with Crippen molar-refractivity contribution in [3.8, 4) is 0 Å². The Morgan fingerprint density at radius 1 is 1.35 bits per heavy atom. The fourth-order valence-electron chi connectivity index (χ4n) is 1.35. The van der Waals surface area contributed by atoms with Crippen LogP contribution in [0.25, 0.3) is 0 Å². The highest BCUT2D eigenvalue weighted by Crippen LogP contribution is 2.06. The second kappa shape index (κ2) is 5.11. The zero-order chi connectivity index (χ0) is 12.1. The van der Waals surface area contributed by atoms with Gasteiger partial charge in [0.1, 0.15) is 4.90 Å². The number of hydrogen-bond acceptors (Lipinski definition) is 4. The number of furan rings is 1. The minimum atomic E-state index is -3.46. The van der Waals surface area contributed by atoms with Crippen LogP contribution in [0, 0.1) is 0 Å². The maximum Gasteiger partial charge on any atom is 0.242 e. The summed E-state index contributed by atoms with van der Waals surface area (Å²) >= 11 is 0. The van der Waals surface area contributed by atoms with Gasteiger partial charge >= 0.3 is 0 Å². The summed E-state index contributed by atoms with van der Waals surface area (Å²) in [4.78, 5) is 3.95. The first-order chi connectivity index (χ1) is 8.18. The number of nitrogens with zero attached hydrogens (tertiary/aromatic N) is 1. The molecular formula is C11H12N2O3S. The third-order valence-corrected chi connectivity index (χ3v) is 3.68. The number of nitrogens with one attached hydrogen (secondary N) is 1. The van der Waals surface area contributed by atoms with E-state index in [2.05, 4.69) is 9.71 Å². The summed E-state index contributed by atoms with van der Waals surface area (Å²) in [6, 6.07) is 4.90. The normalized spacial score (nSPS) is 11.5. The summed E-state index contributed by atoms with van der Waals surface area (Å²) in [6.45, 7) is 0.330. The highest BCUT2D eigenvalue weighted by atomic mass is 32.2. The van der Waals surface area contributed by atoms with E-state index >= 15 is 0 Å². The number of sulfonamides is 1. The van der Waals surface area contributed by atoms with Gasteiger partial charge in [-0.1, -0.05) is 0 Å². The van der Waals surface area contributed by atoms with Gasteiger partial charge in [0, 0.05) is 18.9 Å². The molecule has 0 unspecified atom stereocenters. The van der Waals surface area contributed by atoms with Crippen LogP contribution in [0.4, 0.5) is 0 Å². The van der Waals surface area contributed by atoms with Gasteiger partial charge in [-0.2, -0.15) is 0 Å². The van der Waals surface area contributed by atoms with Crippen LogP contribution in [0.3, 0.4) is 0 Å². The van der Waals surface area contributed by atoms with E-state index in [4.69, 9.17) is 4.42 Å². The number of pyridine rings is 1. The Hall–Kier alpha value is -1.66. The Bertz CT molecular complexity index is 550. The van der Waals surface area contributed by atoms with Crippen molar-refractivity contribution in [2.45, 2.75) is 11.3 Å². The molecule has 0 aliphatic carbocycles. The molecule has 0 spiro atoms. The first kappa shape index (κ1) is 11.8. The quantitative estimate of drug-likeness (QED) is 0.867. The second-order valence-electron chi connectivity index (χ2n) is 3.47. The molecule has 1 N–H and O–H groups in total. The third-order valence-electron chi connectivity index (χ3n) is 2.23. The van der Waals surface area contributed by atoms with Gasteiger partial charge in [-0.25, -0.2) is 13.1 Å². The molecule has 2 aromatic rings. The largest absolute Gasteiger partial charge is 0.472 e. The van der Waals surface area contributed by atoms with Crippen molar-refractivity contribution in [3.63, 3.8) is 0 Å². The van der Waals surface area contributed by atoms with Gasteiger partial charge in [-0.15, -0.1) is 0 Å². The molecule has 0 aliphatic rings.